The molecule has 0 heterocycles. The van der Waals surface area contributed by atoms with Crippen LogP contribution < -0.4 is 0 Å². The smallest absolute Gasteiger partial charge is 0.307 e. The normalized spacial score (nSPS) is 13.1. The zero-order valence-electron chi connectivity index (χ0n) is 14.8. The lowest BCUT2D eigenvalue weighted by atomic mass is 9.80. The molecule has 0 aliphatic rings. The highest BCUT2D eigenvalue weighted by Gasteiger charge is 2.29. The highest BCUT2D eigenvalue weighted by molar-refractivity contribution is 5.71. The van der Waals surface area contributed by atoms with Gasteiger partial charge in [-0.3, -0.25) is 9.59 Å². The highest BCUT2D eigenvalue weighted by Crippen LogP contribution is 2.29. The van der Waals surface area contributed by atoms with Gasteiger partial charge in [0.25, 0.3) is 0 Å². The molecule has 8 heteroatoms. The SMILES string of the molecule is O=C(O)CC[C@H](Cc1ccc(O)c(F)c1)[C@@H](Cc1ccc(O)c(F)c1)C(=O)O. The molecule has 6 nitrogen and oxygen atoms in total. The Bertz CT molecular complexity index is 868. The summed E-state index contributed by atoms with van der Waals surface area (Å²) in [7, 11) is 0. The van der Waals surface area contributed by atoms with E-state index in [0.717, 1.165) is 24.3 Å². The fourth-order valence-corrected chi connectivity index (χ4v) is 3.12. The summed E-state index contributed by atoms with van der Waals surface area (Å²) in [5.74, 6) is -6.86. The van der Waals surface area contributed by atoms with Gasteiger partial charge < -0.3 is 20.4 Å². The standard InChI is InChI=1S/C20H20F2O6/c21-15-9-11(1-4-17(15)23)7-13(3-6-19(25)26)14(20(27)28)8-12-2-5-18(24)16(22)10-12/h1-2,4-5,9-10,13-14,23-24H,3,6-8H2,(H,25,26)(H,27,28)/t13-,14-/m1/s1. The molecular weight excluding hydrogens is 374 g/mol. The zero-order valence-corrected chi connectivity index (χ0v) is 14.8. The van der Waals surface area contributed by atoms with Crippen LogP contribution >= 0.6 is 0 Å². The fraction of sp³-hybridized carbons (Fsp3) is 0.300. The average Bonchev–Trinajstić information content (AvgIpc) is 2.62. The second kappa shape index (κ2) is 9.16. The van der Waals surface area contributed by atoms with Crippen molar-refractivity contribution in [1.82, 2.24) is 0 Å². The van der Waals surface area contributed by atoms with Crippen LogP contribution in [0.2, 0.25) is 0 Å². The molecule has 2 aromatic carbocycles. The van der Waals surface area contributed by atoms with Crippen LogP contribution in [0.5, 0.6) is 11.5 Å². The number of aromatic hydroxyl groups is 2. The van der Waals surface area contributed by atoms with Crippen molar-refractivity contribution in [1.29, 1.82) is 0 Å². The van der Waals surface area contributed by atoms with Crippen molar-refractivity contribution in [3.63, 3.8) is 0 Å². The van der Waals surface area contributed by atoms with E-state index in [2.05, 4.69) is 0 Å². The van der Waals surface area contributed by atoms with Crippen molar-refractivity contribution in [2.75, 3.05) is 0 Å². The molecule has 0 radical (unpaired) electrons. The Balaban J connectivity index is 2.29. The average molecular weight is 394 g/mol. The molecule has 0 aliphatic carbocycles. The molecule has 0 saturated carbocycles. The van der Waals surface area contributed by atoms with Gasteiger partial charge in [0.1, 0.15) is 0 Å². The Labute approximate surface area is 159 Å². The molecule has 4 N–H and O–H groups in total. The van der Waals surface area contributed by atoms with E-state index in [1.807, 2.05) is 0 Å². The van der Waals surface area contributed by atoms with Crippen LogP contribution in [0.25, 0.3) is 0 Å². The Kier molecular flexibility index (Phi) is 6.92. The maximum Gasteiger partial charge on any atom is 0.307 e. The van der Waals surface area contributed by atoms with Gasteiger partial charge in [0.05, 0.1) is 5.92 Å². The second-order valence-corrected chi connectivity index (χ2v) is 6.62. The summed E-state index contributed by atoms with van der Waals surface area (Å²) in [5.41, 5.74) is 0.744. The Morgan fingerprint density at radius 1 is 0.857 bits per heavy atom. The summed E-state index contributed by atoms with van der Waals surface area (Å²) in [5, 5.41) is 37.2. The summed E-state index contributed by atoms with van der Waals surface area (Å²) in [4.78, 5) is 22.8. The predicted octanol–water partition coefficient (Wildman–Crippen LogP) is 3.34. The third kappa shape index (κ3) is 5.67. The molecule has 2 aromatic rings. The van der Waals surface area contributed by atoms with Gasteiger partial charge in [-0.25, -0.2) is 8.78 Å². The molecule has 0 unspecified atom stereocenters. The van der Waals surface area contributed by atoms with Crippen LogP contribution in [0.15, 0.2) is 36.4 Å². The van der Waals surface area contributed by atoms with Gasteiger partial charge in [-0.2, -0.15) is 0 Å². The number of rotatable bonds is 9. The minimum atomic E-state index is -1.19. The molecule has 150 valence electrons. The maximum absolute atomic E-state index is 13.6. The quantitative estimate of drug-likeness (QED) is 0.519. The van der Waals surface area contributed by atoms with Crippen molar-refractivity contribution < 1.29 is 38.8 Å². The number of hydrogen-bond donors (Lipinski definition) is 4. The molecule has 0 amide bonds. The summed E-state index contributed by atoms with van der Waals surface area (Å²) in [6.45, 7) is 0. The summed E-state index contributed by atoms with van der Waals surface area (Å²) >= 11 is 0. The first-order chi connectivity index (χ1) is 13.2. The van der Waals surface area contributed by atoms with Gasteiger partial charge >= 0.3 is 11.9 Å². The Morgan fingerprint density at radius 2 is 1.36 bits per heavy atom. The van der Waals surface area contributed by atoms with E-state index in [0.29, 0.717) is 11.1 Å². The number of carboxylic acids is 2. The number of halogens is 2. The number of phenols is 2. The van der Waals surface area contributed by atoms with E-state index in [9.17, 15) is 33.7 Å². The Hall–Kier alpha value is -3.16. The number of hydrogen-bond acceptors (Lipinski definition) is 4. The van der Waals surface area contributed by atoms with Crippen molar-refractivity contribution in [3.8, 4) is 11.5 Å². The maximum atomic E-state index is 13.6. The number of carbonyl (C=O) groups is 2. The molecule has 0 aliphatic heterocycles. The van der Waals surface area contributed by atoms with Gasteiger partial charge in [-0.1, -0.05) is 12.1 Å². The van der Waals surface area contributed by atoms with Crippen LogP contribution in [0.4, 0.5) is 8.78 Å². The summed E-state index contributed by atoms with van der Waals surface area (Å²) in [6, 6.07) is 7.19. The summed E-state index contributed by atoms with van der Waals surface area (Å²) < 4.78 is 27.2. The van der Waals surface area contributed by atoms with Crippen molar-refractivity contribution in [3.05, 3.63) is 59.2 Å². The first kappa shape index (κ1) is 21.1. The molecule has 28 heavy (non-hydrogen) atoms. The van der Waals surface area contributed by atoms with Crippen LogP contribution in [-0.2, 0) is 22.4 Å². The third-order valence-corrected chi connectivity index (χ3v) is 4.59. The van der Waals surface area contributed by atoms with Crippen LogP contribution in [-0.4, -0.2) is 32.4 Å². The molecule has 0 bridgehead atoms. The molecule has 0 aromatic heterocycles. The van der Waals surface area contributed by atoms with E-state index >= 15 is 0 Å². The fourth-order valence-electron chi connectivity index (χ4n) is 3.12. The molecule has 0 saturated heterocycles. The van der Waals surface area contributed by atoms with E-state index in [-0.39, 0.29) is 25.7 Å². The Morgan fingerprint density at radius 3 is 1.79 bits per heavy atom. The van der Waals surface area contributed by atoms with Crippen LogP contribution in [0.3, 0.4) is 0 Å². The van der Waals surface area contributed by atoms with Crippen LogP contribution in [0, 0.1) is 23.5 Å². The van der Waals surface area contributed by atoms with E-state index in [4.69, 9.17) is 5.11 Å². The van der Waals surface area contributed by atoms with Gasteiger partial charge in [0, 0.05) is 6.42 Å². The number of benzene rings is 2. The molecule has 0 spiro atoms. The van der Waals surface area contributed by atoms with E-state index < -0.39 is 46.9 Å². The topological polar surface area (TPSA) is 115 Å². The largest absolute Gasteiger partial charge is 0.505 e. The molecule has 2 rings (SSSR count). The van der Waals surface area contributed by atoms with Gasteiger partial charge in [0.2, 0.25) is 0 Å². The van der Waals surface area contributed by atoms with E-state index in [1.54, 1.807) is 0 Å². The van der Waals surface area contributed by atoms with Crippen LogP contribution in [0.1, 0.15) is 24.0 Å². The lowest BCUT2D eigenvalue weighted by Crippen LogP contribution is -2.28. The first-order valence-electron chi connectivity index (χ1n) is 8.56. The molecule has 0 fully saturated rings. The van der Waals surface area contributed by atoms with Gasteiger partial charge in [0.15, 0.2) is 23.1 Å². The van der Waals surface area contributed by atoms with Gasteiger partial charge in [-0.15, -0.1) is 0 Å². The van der Waals surface area contributed by atoms with Crippen molar-refractivity contribution in [2.24, 2.45) is 11.8 Å². The number of aliphatic carboxylic acids is 2. The first-order valence-corrected chi connectivity index (χ1v) is 8.56. The number of carboxylic acid groups (broad SMARTS) is 2. The second-order valence-electron chi connectivity index (χ2n) is 6.62. The van der Waals surface area contributed by atoms with E-state index in [1.165, 1.54) is 12.1 Å². The predicted molar refractivity (Wildman–Crippen MR) is 95.0 cm³/mol. The van der Waals surface area contributed by atoms with Gasteiger partial charge in [-0.05, 0) is 60.6 Å². The lowest BCUT2D eigenvalue weighted by molar-refractivity contribution is -0.145. The minimum absolute atomic E-state index is 0.0232. The third-order valence-electron chi connectivity index (χ3n) is 4.59. The number of phenolic OH excluding ortho intramolecular Hbond substituents is 2. The lowest BCUT2D eigenvalue weighted by Gasteiger charge is -2.24. The molecular formula is C20H20F2O6. The van der Waals surface area contributed by atoms with Crippen molar-refractivity contribution >= 4 is 11.9 Å². The van der Waals surface area contributed by atoms with Crippen molar-refractivity contribution in [2.45, 2.75) is 25.7 Å². The monoisotopic (exact) mass is 394 g/mol. The highest BCUT2D eigenvalue weighted by atomic mass is 19.1. The zero-order chi connectivity index (χ0) is 20.8. The molecule has 2 atom stereocenters. The minimum Gasteiger partial charge on any atom is -0.505 e. The summed E-state index contributed by atoms with van der Waals surface area (Å²) in [6.07, 6.45) is -0.270.